The molecule has 0 bridgehead atoms. The minimum Gasteiger partial charge on any atom is -0.481 e. The molecule has 4 heteroatoms. The molecule has 2 rings (SSSR count). The maximum absolute atomic E-state index is 12.2. The van der Waals surface area contributed by atoms with Crippen LogP contribution in [0, 0.1) is 13.8 Å². The topological polar surface area (TPSA) is 38.3 Å². The third-order valence-corrected chi connectivity index (χ3v) is 3.61. The van der Waals surface area contributed by atoms with Crippen LogP contribution >= 0.6 is 15.9 Å². The van der Waals surface area contributed by atoms with E-state index in [2.05, 4.69) is 21.2 Å². The monoisotopic (exact) mass is 347 g/mol. The Morgan fingerprint density at radius 1 is 1.19 bits per heavy atom. The van der Waals surface area contributed by atoms with Gasteiger partial charge in [-0.25, -0.2) is 0 Å². The number of ether oxygens (including phenoxy) is 1. The van der Waals surface area contributed by atoms with Crippen molar-refractivity contribution in [2.75, 3.05) is 5.32 Å². The number of nitrogens with one attached hydrogen (secondary N) is 1. The Labute approximate surface area is 133 Å². The summed E-state index contributed by atoms with van der Waals surface area (Å²) in [6, 6.07) is 13.4. The van der Waals surface area contributed by atoms with E-state index in [-0.39, 0.29) is 5.91 Å². The largest absolute Gasteiger partial charge is 0.481 e. The second kappa shape index (κ2) is 6.76. The minimum atomic E-state index is -0.569. The Morgan fingerprint density at radius 2 is 1.95 bits per heavy atom. The average Bonchev–Trinajstić information content (AvgIpc) is 2.41. The molecule has 2 aromatic rings. The van der Waals surface area contributed by atoms with Crippen LogP contribution in [0.25, 0.3) is 0 Å². The minimum absolute atomic E-state index is 0.165. The van der Waals surface area contributed by atoms with Gasteiger partial charge in [-0.3, -0.25) is 4.79 Å². The number of rotatable bonds is 4. The normalized spacial score (nSPS) is 11.8. The first-order valence-electron chi connectivity index (χ1n) is 6.76. The Morgan fingerprint density at radius 3 is 2.62 bits per heavy atom. The predicted octanol–water partition coefficient (Wildman–Crippen LogP) is 4.47. The highest BCUT2D eigenvalue weighted by Gasteiger charge is 2.15. The highest BCUT2D eigenvalue weighted by Crippen LogP contribution is 2.20. The highest BCUT2D eigenvalue weighted by molar-refractivity contribution is 9.10. The fourth-order valence-electron chi connectivity index (χ4n) is 1.99. The molecular weight excluding hydrogens is 330 g/mol. The zero-order valence-electron chi connectivity index (χ0n) is 12.3. The van der Waals surface area contributed by atoms with Gasteiger partial charge >= 0.3 is 0 Å². The zero-order chi connectivity index (χ0) is 15.4. The van der Waals surface area contributed by atoms with Crippen molar-refractivity contribution in [3.63, 3.8) is 0 Å². The maximum Gasteiger partial charge on any atom is 0.265 e. The highest BCUT2D eigenvalue weighted by atomic mass is 79.9. The lowest BCUT2D eigenvalue weighted by molar-refractivity contribution is -0.122. The van der Waals surface area contributed by atoms with Gasteiger partial charge in [0.25, 0.3) is 5.91 Å². The van der Waals surface area contributed by atoms with Crippen molar-refractivity contribution in [1.29, 1.82) is 0 Å². The number of benzene rings is 2. The third kappa shape index (κ3) is 4.33. The van der Waals surface area contributed by atoms with Gasteiger partial charge in [0, 0.05) is 10.2 Å². The Balaban J connectivity index is 2.02. The summed E-state index contributed by atoms with van der Waals surface area (Å²) in [6.07, 6.45) is -0.569. The molecule has 0 aliphatic carbocycles. The summed E-state index contributed by atoms with van der Waals surface area (Å²) >= 11 is 3.38. The van der Waals surface area contributed by atoms with Crippen molar-refractivity contribution < 1.29 is 9.53 Å². The fourth-order valence-corrected chi connectivity index (χ4v) is 2.36. The summed E-state index contributed by atoms with van der Waals surface area (Å²) in [6.45, 7) is 5.74. The standard InChI is InChI=1S/C17H18BrNO2/c1-11-7-8-16(12(2)9-11)19-17(20)13(3)21-15-6-4-5-14(18)10-15/h4-10,13H,1-3H3,(H,19,20)/t13-/m0/s1. The predicted molar refractivity (Wildman–Crippen MR) is 88.8 cm³/mol. The van der Waals surface area contributed by atoms with Gasteiger partial charge in [0.1, 0.15) is 5.75 Å². The Kier molecular flexibility index (Phi) is 5.02. The van der Waals surface area contributed by atoms with Crippen LogP contribution < -0.4 is 10.1 Å². The summed E-state index contributed by atoms with van der Waals surface area (Å²) in [5.74, 6) is 0.495. The summed E-state index contributed by atoms with van der Waals surface area (Å²) < 4.78 is 6.57. The Hall–Kier alpha value is -1.81. The molecule has 1 N–H and O–H groups in total. The number of anilines is 1. The first kappa shape index (κ1) is 15.6. The molecule has 0 spiro atoms. The van der Waals surface area contributed by atoms with Crippen LogP contribution in [0.4, 0.5) is 5.69 Å². The molecule has 0 unspecified atom stereocenters. The first-order chi connectivity index (χ1) is 9.95. The van der Waals surface area contributed by atoms with Crippen LogP contribution in [0.5, 0.6) is 5.75 Å². The van der Waals surface area contributed by atoms with Gasteiger partial charge in [0.05, 0.1) is 0 Å². The van der Waals surface area contributed by atoms with Crippen molar-refractivity contribution in [3.05, 3.63) is 58.1 Å². The van der Waals surface area contributed by atoms with E-state index in [0.29, 0.717) is 5.75 Å². The quantitative estimate of drug-likeness (QED) is 0.885. The fraction of sp³-hybridized carbons (Fsp3) is 0.235. The van der Waals surface area contributed by atoms with Crippen LogP contribution in [-0.4, -0.2) is 12.0 Å². The number of carbonyl (C=O) groups is 1. The Bertz CT molecular complexity index is 655. The summed E-state index contributed by atoms with van der Waals surface area (Å²) in [7, 11) is 0. The van der Waals surface area contributed by atoms with Crippen molar-refractivity contribution in [3.8, 4) is 5.75 Å². The molecule has 0 saturated heterocycles. The van der Waals surface area contributed by atoms with E-state index in [9.17, 15) is 4.79 Å². The third-order valence-electron chi connectivity index (χ3n) is 3.12. The first-order valence-corrected chi connectivity index (χ1v) is 7.55. The van der Waals surface area contributed by atoms with Crippen LogP contribution in [0.1, 0.15) is 18.1 Å². The molecule has 0 aromatic heterocycles. The molecule has 0 fully saturated rings. The second-order valence-corrected chi connectivity index (χ2v) is 5.94. The van der Waals surface area contributed by atoms with Crippen LogP contribution in [0.3, 0.4) is 0 Å². The van der Waals surface area contributed by atoms with Gasteiger partial charge in [-0.1, -0.05) is 39.7 Å². The van der Waals surface area contributed by atoms with E-state index in [1.807, 2.05) is 56.3 Å². The van der Waals surface area contributed by atoms with E-state index in [4.69, 9.17) is 4.74 Å². The summed E-state index contributed by atoms with van der Waals surface area (Å²) in [5.41, 5.74) is 3.03. The molecule has 21 heavy (non-hydrogen) atoms. The molecule has 110 valence electrons. The summed E-state index contributed by atoms with van der Waals surface area (Å²) in [5, 5.41) is 2.90. The number of hydrogen-bond donors (Lipinski definition) is 1. The smallest absolute Gasteiger partial charge is 0.265 e. The lowest BCUT2D eigenvalue weighted by atomic mass is 10.1. The molecular formula is C17H18BrNO2. The zero-order valence-corrected chi connectivity index (χ0v) is 13.9. The lowest BCUT2D eigenvalue weighted by Crippen LogP contribution is -2.30. The van der Waals surface area contributed by atoms with Crippen LogP contribution in [0.15, 0.2) is 46.9 Å². The van der Waals surface area contributed by atoms with Gasteiger partial charge in [0.2, 0.25) is 0 Å². The maximum atomic E-state index is 12.2. The molecule has 2 aromatic carbocycles. The van der Waals surface area contributed by atoms with E-state index in [1.54, 1.807) is 6.92 Å². The molecule has 0 heterocycles. The van der Waals surface area contributed by atoms with E-state index >= 15 is 0 Å². The number of carbonyl (C=O) groups excluding carboxylic acids is 1. The van der Waals surface area contributed by atoms with Crippen molar-refractivity contribution >= 4 is 27.5 Å². The molecule has 1 atom stereocenters. The van der Waals surface area contributed by atoms with Gasteiger partial charge in [0.15, 0.2) is 6.10 Å². The SMILES string of the molecule is Cc1ccc(NC(=O)[C@H](C)Oc2cccc(Br)c2)c(C)c1. The average molecular weight is 348 g/mol. The van der Waals surface area contributed by atoms with E-state index in [1.165, 1.54) is 5.56 Å². The van der Waals surface area contributed by atoms with Gasteiger partial charge in [-0.15, -0.1) is 0 Å². The molecule has 0 aliphatic heterocycles. The molecule has 0 saturated carbocycles. The summed E-state index contributed by atoms with van der Waals surface area (Å²) in [4.78, 5) is 12.2. The lowest BCUT2D eigenvalue weighted by Gasteiger charge is -2.16. The number of hydrogen-bond acceptors (Lipinski definition) is 2. The van der Waals surface area contributed by atoms with Gasteiger partial charge < -0.3 is 10.1 Å². The molecule has 3 nitrogen and oxygen atoms in total. The molecule has 0 aliphatic rings. The molecule has 0 radical (unpaired) electrons. The van der Waals surface area contributed by atoms with Gasteiger partial charge in [-0.05, 0) is 50.6 Å². The van der Waals surface area contributed by atoms with Gasteiger partial charge in [-0.2, -0.15) is 0 Å². The van der Waals surface area contributed by atoms with Crippen LogP contribution in [0.2, 0.25) is 0 Å². The number of halogens is 1. The van der Waals surface area contributed by atoms with Crippen molar-refractivity contribution in [2.24, 2.45) is 0 Å². The van der Waals surface area contributed by atoms with Crippen molar-refractivity contribution in [1.82, 2.24) is 0 Å². The van der Waals surface area contributed by atoms with Crippen molar-refractivity contribution in [2.45, 2.75) is 26.9 Å². The van der Waals surface area contributed by atoms with E-state index < -0.39 is 6.10 Å². The number of aryl methyl sites for hydroxylation is 2. The van der Waals surface area contributed by atoms with Crippen LogP contribution in [-0.2, 0) is 4.79 Å². The molecule has 1 amide bonds. The van der Waals surface area contributed by atoms with E-state index in [0.717, 1.165) is 15.7 Å². The second-order valence-electron chi connectivity index (χ2n) is 5.03. The number of amides is 1.